The maximum Gasteiger partial charge on any atom is 0.248 e. The molecule has 3 N–H and O–H groups in total. The largest absolute Gasteiger partial charge is 0.366 e. The lowest BCUT2D eigenvalue weighted by Crippen LogP contribution is -2.16. The number of carbonyl (C=O) groups is 2. The van der Waals surface area contributed by atoms with Gasteiger partial charge in [-0.15, -0.1) is 0 Å². The number of nitrogens with one attached hydrogen (secondary N) is 1. The second kappa shape index (κ2) is 10.0. The Morgan fingerprint density at radius 1 is 1.11 bits per heavy atom. The van der Waals surface area contributed by atoms with Gasteiger partial charge in [0.2, 0.25) is 17.1 Å². The highest BCUT2D eigenvalue weighted by Crippen LogP contribution is 2.44. The van der Waals surface area contributed by atoms with Crippen molar-refractivity contribution >= 4 is 78.7 Å². The minimum absolute atomic E-state index is 0.0899. The molecular weight excluding hydrogens is 588 g/mol. The third-order valence-corrected chi connectivity index (χ3v) is 8.17. The molecule has 190 valence electrons. The van der Waals surface area contributed by atoms with Crippen LogP contribution in [-0.2, 0) is 4.79 Å². The van der Waals surface area contributed by atoms with Gasteiger partial charge < -0.3 is 11.1 Å². The van der Waals surface area contributed by atoms with Crippen LogP contribution in [0.4, 0.5) is 5.69 Å². The van der Waals surface area contributed by atoms with Gasteiger partial charge in [-0.2, -0.15) is 4.98 Å². The molecule has 6 rings (SSSR count). The van der Waals surface area contributed by atoms with Crippen molar-refractivity contribution in [1.82, 2.24) is 19.5 Å². The van der Waals surface area contributed by atoms with Gasteiger partial charge in [-0.05, 0) is 81.5 Å². The number of hydrogen-bond donors (Lipinski definition) is 2. The van der Waals surface area contributed by atoms with Crippen molar-refractivity contribution in [2.75, 3.05) is 11.1 Å². The second-order valence-electron chi connectivity index (χ2n) is 8.97. The van der Waals surface area contributed by atoms with Crippen molar-refractivity contribution < 1.29 is 9.59 Å². The molecule has 0 saturated heterocycles. The van der Waals surface area contributed by atoms with Crippen molar-refractivity contribution in [2.24, 2.45) is 5.73 Å². The van der Waals surface area contributed by atoms with Gasteiger partial charge in [-0.25, -0.2) is 9.97 Å². The van der Waals surface area contributed by atoms with Gasteiger partial charge in [0.15, 0.2) is 10.8 Å². The van der Waals surface area contributed by atoms with Crippen molar-refractivity contribution in [2.45, 2.75) is 23.9 Å². The van der Waals surface area contributed by atoms with Gasteiger partial charge in [0.05, 0.1) is 23.3 Å². The lowest BCUT2D eigenvalue weighted by molar-refractivity contribution is -0.113. The smallest absolute Gasteiger partial charge is 0.248 e. The molecule has 0 radical (unpaired) electrons. The first-order chi connectivity index (χ1) is 18.4. The summed E-state index contributed by atoms with van der Waals surface area (Å²) in [5.74, 6) is -0.0932. The number of carbonyl (C=O) groups excluding carboxylic acids is 2. The molecule has 3 aromatic carbocycles. The van der Waals surface area contributed by atoms with Gasteiger partial charge in [0.1, 0.15) is 5.52 Å². The Bertz CT molecular complexity index is 1750. The van der Waals surface area contributed by atoms with Gasteiger partial charge in [0, 0.05) is 15.4 Å². The van der Waals surface area contributed by atoms with Crippen LogP contribution in [0.15, 0.2) is 70.4 Å². The Balaban J connectivity index is 1.35. The number of amides is 2. The number of hydrogen-bond acceptors (Lipinski definition) is 6. The average molecular weight is 608 g/mol. The van der Waals surface area contributed by atoms with Crippen molar-refractivity contribution in [1.29, 1.82) is 0 Å². The molecule has 8 nitrogen and oxygen atoms in total. The van der Waals surface area contributed by atoms with E-state index in [2.05, 4.69) is 61.5 Å². The van der Waals surface area contributed by atoms with Crippen molar-refractivity contribution in [3.05, 3.63) is 81.7 Å². The zero-order valence-corrected chi connectivity index (χ0v) is 23.0. The van der Waals surface area contributed by atoms with E-state index in [1.165, 1.54) is 35.6 Å². The molecule has 0 aliphatic heterocycles. The molecule has 2 amide bonds. The average Bonchev–Trinajstić information content (AvgIpc) is 3.69. The number of thioether (sulfide) groups is 1. The predicted molar refractivity (Wildman–Crippen MR) is 153 cm³/mol. The van der Waals surface area contributed by atoms with Crippen LogP contribution in [0.1, 0.15) is 34.7 Å². The van der Waals surface area contributed by atoms with E-state index in [4.69, 9.17) is 22.3 Å². The molecule has 2 aromatic heterocycles. The van der Waals surface area contributed by atoms with Crippen LogP contribution < -0.4 is 11.1 Å². The van der Waals surface area contributed by atoms with Crippen LogP contribution in [0.5, 0.6) is 0 Å². The van der Waals surface area contributed by atoms with E-state index in [1.54, 1.807) is 24.4 Å². The normalized spacial score (nSPS) is 13.2. The summed E-state index contributed by atoms with van der Waals surface area (Å²) >= 11 is 10.8. The molecule has 0 atom stereocenters. The van der Waals surface area contributed by atoms with E-state index in [1.807, 2.05) is 10.6 Å². The summed E-state index contributed by atoms with van der Waals surface area (Å²) in [6.45, 7) is 0. The predicted octanol–water partition coefficient (Wildman–Crippen LogP) is 6.09. The first-order valence-corrected chi connectivity index (χ1v) is 14.0. The second-order valence-corrected chi connectivity index (χ2v) is 11.1. The number of nitrogens with two attached hydrogens (primary N) is 1. The number of halogens is 2. The van der Waals surface area contributed by atoms with Crippen LogP contribution in [-0.4, -0.2) is 37.1 Å². The summed E-state index contributed by atoms with van der Waals surface area (Å²) < 4.78 is 2.50. The molecule has 5 aromatic rings. The molecule has 38 heavy (non-hydrogen) atoms. The SMILES string of the molecule is NC(=O)c1ccc(NC(=O)CSc2nc3cnc(Cl)nc3n2-c2ccc(C3CC3)c3ccccc23)c(Br)c1. The maximum absolute atomic E-state index is 12.9. The molecule has 11 heteroatoms. The number of imidazole rings is 1. The summed E-state index contributed by atoms with van der Waals surface area (Å²) in [4.78, 5) is 37.6. The minimum Gasteiger partial charge on any atom is -0.366 e. The van der Waals surface area contributed by atoms with Gasteiger partial charge in [-0.1, -0.05) is 42.1 Å². The van der Waals surface area contributed by atoms with Crippen LogP contribution in [0, 0.1) is 0 Å². The lowest BCUT2D eigenvalue weighted by Gasteiger charge is -2.14. The fraction of sp³-hybridized carbons (Fsp3) is 0.148. The highest BCUT2D eigenvalue weighted by Gasteiger charge is 2.27. The Labute approximate surface area is 235 Å². The van der Waals surface area contributed by atoms with E-state index in [9.17, 15) is 9.59 Å². The molecule has 2 heterocycles. The number of fused-ring (bicyclic) bond motifs is 2. The molecule has 1 saturated carbocycles. The Kier molecular flexibility index (Phi) is 6.55. The Morgan fingerprint density at radius 3 is 2.63 bits per heavy atom. The van der Waals surface area contributed by atoms with Gasteiger partial charge in [-0.3, -0.25) is 14.2 Å². The lowest BCUT2D eigenvalue weighted by atomic mass is 9.99. The molecule has 0 bridgehead atoms. The number of nitrogens with zero attached hydrogens (tertiary/aromatic N) is 4. The van der Waals surface area contributed by atoms with Crippen LogP contribution in [0.2, 0.25) is 5.28 Å². The summed E-state index contributed by atoms with van der Waals surface area (Å²) in [6.07, 6.45) is 4.00. The van der Waals surface area contributed by atoms with E-state index in [0.29, 0.717) is 38.0 Å². The minimum atomic E-state index is -0.543. The maximum atomic E-state index is 12.9. The molecule has 0 unspecified atom stereocenters. The van der Waals surface area contributed by atoms with E-state index >= 15 is 0 Å². The highest BCUT2D eigenvalue weighted by atomic mass is 79.9. The first-order valence-electron chi connectivity index (χ1n) is 11.8. The van der Waals surface area contributed by atoms with E-state index in [-0.39, 0.29) is 16.9 Å². The van der Waals surface area contributed by atoms with Crippen LogP contribution >= 0.6 is 39.3 Å². The van der Waals surface area contributed by atoms with Gasteiger partial charge in [0.25, 0.3) is 0 Å². The number of benzene rings is 3. The standard InChI is InChI=1S/C27H20BrClN6O2S/c28-19-11-15(24(30)37)7-9-20(19)32-23(36)13-38-27-33-21-12-31-26(29)34-25(21)35(27)22-10-8-16(14-5-6-14)17-3-1-2-4-18(17)22/h1-4,7-12,14H,5-6,13H2,(H2,30,37)(H,32,36). The molecular formula is C27H20BrClN6O2S. The van der Waals surface area contributed by atoms with Crippen LogP contribution in [0.25, 0.3) is 27.6 Å². The molecule has 1 aliphatic rings. The summed E-state index contributed by atoms with van der Waals surface area (Å²) in [6, 6.07) is 17.4. The van der Waals surface area contributed by atoms with Crippen molar-refractivity contribution in [3.63, 3.8) is 0 Å². The number of anilines is 1. The molecule has 0 spiro atoms. The van der Waals surface area contributed by atoms with Crippen molar-refractivity contribution in [3.8, 4) is 5.69 Å². The topological polar surface area (TPSA) is 116 Å². The zero-order valence-electron chi connectivity index (χ0n) is 19.8. The first kappa shape index (κ1) is 24.8. The molecule has 1 fully saturated rings. The Morgan fingerprint density at radius 2 is 1.89 bits per heavy atom. The summed E-state index contributed by atoms with van der Waals surface area (Å²) in [5, 5.41) is 5.86. The fourth-order valence-corrected chi connectivity index (χ4v) is 5.90. The quantitative estimate of drug-likeness (QED) is 0.171. The summed E-state index contributed by atoms with van der Waals surface area (Å²) in [7, 11) is 0. The van der Waals surface area contributed by atoms with E-state index < -0.39 is 5.91 Å². The van der Waals surface area contributed by atoms with E-state index in [0.717, 1.165) is 11.1 Å². The van der Waals surface area contributed by atoms with Gasteiger partial charge >= 0.3 is 0 Å². The third-order valence-electron chi connectivity index (χ3n) is 6.39. The number of rotatable bonds is 7. The number of aromatic nitrogens is 4. The third kappa shape index (κ3) is 4.75. The highest BCUT2D eigenvalue weighted by molar-refractivity contribution is 9.10. The van der Waals surface area contributed by atoms with Crippen LogP contribution in [0.3, 0.4) is 0 Å². The Hall–Kier alpha value is -3.47. The zero-order chi connectivity index (χ0) is 26.4. The summed E-state index contributed by atoms with van der Waals surface area (Å²) in [5.41, 5.74) is 9.63. The molecule has 1 aliphatic carbocycles. The fourth-order valence-electron chi connectivity index (χ4n) is 4.48. The monoisotopic (exact) mass is 606 g/mol. The number of primary amides is 1.